The van der Waals surface area contributed by atoms with E-state index in [1.807, 2.05) is 6.92 Å². The maximum atomic E-state index is 10.1. The van der Waals surface area contributed by atoms with E-state index in [2.05, 4.69) is 5.32 Å². The Kier molecular flexibility index (Phi) is 8.05. The van der Waals surface area contributed by atoms with E-state index in [1.165, 1.54) is 0 Å². The summed E-state index contributed by atoms with van der Waals surface area (Å²) in [6, 6.07) is 0. The van der Waals surface area contributed by atoms with Crippen LogP contribution in [0.3, 0.4) is 0 Å². The van der Waals surface area contributed by atoms with Crippen LogP contribution < -0.4 is 5.32 Å². The van der Waals surface area contributed by atoms with Crippen molar-refractivity contribution in [3.8, 4) is 0 Å². The Morgan fingerprint density at radius 3 is 2.58 bits per heavy atom. The van der Waals surface area contributed by atoms with Gasteiger partial charge in [-0.1, -0.05) is 0 Å². The van der Waals surface area contributed by atoms with E-state index in [9.17, 15) is 4.79 Å². The lowest BCUT2D eigenvalue weighted by atomic mass is 10.4. The molecule has 0 saturated carbocycles. The maximum Gasteiger partial charge on any atom is 0.220 e. The van der Waals surface area contributed by atoms with Crippen LogP contribution in [0.2, 0.25) is 0 Å². The fourth-order valence-corrected chi connectivity index (χ4v) is 0.774. The summed E-state index contributed by atoms with van der Waals surface area (Å²) in [5.74, 6) is 0.204. The molecule has 72 valence electrons. The van der Waals surface area contributed by atoms with Gasteiger partial charge in [0.25, 0.3) is 0 Å². The lowest BCUT2D eigenvalue weighted by Gasteiger charge is -1.91. The van der Waals surface area contributed by atoms with Gasteiger partial charge < -0.3 is 15.2 Å². The van der Waals surface area contributed by atoms with Crippen LogP contribution in [0.1, 0.15) is 19.8 Å². The van der Waals surface area contributed by atoms with Crippen molar-refractivity contribution in [1.29, 1.82) is 0 Å². The van der Waals surface area contributed by atoms with E-state index < -0.39 is 0 Å². The van der Waals surface area contributed by atoms with E-state index in [4.69, 9.17) is 9.84 Å². The topological polar surface area (TPSA) is 58.6 Å². The molecular weight excluding hydrogens is 158 g/mol. The number of ether oxygens (including phenoxy) is 1. The predicted molar refractivity (Wildman–Crippen MR) is 45.8 cm³/mol. The summed E-state index contributed by atoms with van der Waals surface area (Å²) in [6.07, 6.45) is 1.76. The van der Waals surface area contributed by atoms with Gasteiger partial charge in [0, 0.05) is 19.6 Å². The van der Waals surface area contributed by atoms with E-state index in [0.29, 0.717) is 13.2 Å². The third-order valence-corrected chi connectivity index (χ3v) is 1.34. The SMILES string of the molecule is CCOCCO.O=C1CCCN1. The standard InChI is InChI=1S/C4H7NO.C4H10O2/c6-4-2-1-3-5-4;1-2-6-4-3-5/h1-3H2,(H,5,6);5H,2-4H2,1H3. The lowest BCUT2D eigenvalue weighted by molar-refractivity contribution is -0.119. The van der Waals surface area contributed by atoms with E-state index in [-0.39, 0.29) is 12.5 Å². The molecular formula is C8H17NO3. The molecule has 0 aromatic heterocycles. The summed E-state index contributed by atoms with van der Waals surface area (Å²) >= 11 is 0. The van der Waals surface area contributed by atoms with Gasteiger partial charge in [0.05, 0.1) is 13.2 Å². The van der Waals surface area contributed by atoms with E-state index in [1.54, 1.807) is 0 Å². The average molecular weight is 175 g/mol. The van der Waals surface area contributed by atoms with Crippen molar-refractivity contribution in [1.82, 2.24) is 5.32 Å². The Morgan fingerprint density at radius 1 is 1.67 bits per heavy atom. The molecule has 1 aliphatic rings. The Hall–Kier alpha value is -0.610. The molecule has 1 rings (SSSR count). The molecule has 1 fully saturated rings. The summed E-state index contributed by atoms with van der Waals surface area (Å²) in [5, 5.41) is 10.8. The van der Waals surface area contributed by atoms with Crippen LogP contribution in [-0.4, -0.2) is 37.4 Å². The van der Waals surface area contributed by atoms with Crippen molar-refractivity contribution in [2.75, 3.05) is 26.4 Å². The molecule has 1 heterocycles. The third kappa shape index (κ3) is 7.50. The summed E-state index contributed by atoms with van der Waals surface area (Å²) < 4.78 is 4.73. The highest BCUT2D eigenvalue weighted by molar-refractivity contribution is 5.77. The predicted octanol–water partition coefficient (Wildman–Crippen LogP) is -0.0884. The number of nitrogens with one attached hydrogen (secondary N) is 1. The molecule has 1 aliphatic heterocycles. The average Bonchev–Trinajstić information content (AvgIpc) is 2.53. The van der Waals surface area contributed by atoms with Gasteiger partial charge in [0.2, 0.25) is 5.91 Å². The van der Waals surface area contributed by atoms with Gasteiger partial charge >= 0.3 is 0 Å². The molecule has 1 saturated heterocycles. The number of hydrogen-bond donors (Lipinski definition) is 2. The third-order valence-electron chi connectivity index (χ3n) is 1.34. The molecule has 0 unspecified atom stereocenters. The minimum Gasteiger partial charge on any atom is -0.394 e. The van der Waals surface area contributed by atoms with Gasteiger partial charge in [-0.25, -0.2) is 0 Å². The number of aliphatic hydroxyl groups excluding tert-OH is 1. The van der Waals surface area contributed by atoms with Crippen LogP contribution in [0.5, 0.6) is 0 Å². The molecule has 1 amide bonds. The fraction of sp³-hybridized carbons (Fsp3) is 0.875. The zero-order chi connectivity index (χ0) is 9.23. The number of amides is 1. The first-order valence-corrected chi connectivity index (χ1v) is 4.26. The second kappa shape index (κ2) is 8.49. The second-order valence-corrected chi connectivity index (χ2v) is 2.37. The van der Waals surface area contributed by atoms with Crippen molar-refractivity contribution < 1.29 is 14.6 Å². The zero-order valence-electron chi connectivity index (χ0n) is 7.51. The summed E-state index contributed by atoms with van der Waals surface area (Å²) in [5.41, 5.74) is 0. The highest BCUT2D eigenvalue weighted by atomic mass is 16.5. The fourth-order valence-electron chi connectivity index (χ4n) is 0.774. The molecule has 0 radical (unpaired) electrons. The summed E-state index contributed by atoms with van der Waals surface area (Å²) in [4.78, 5) is 10.1. The van der Waals surface area contributed by atoms with Crippen molar-refractivity contribution in [2.45, 2.75) is 19.8 Å². The molecule has 4 nitrogen and oxygen atoms in total. The molecule has 0 aromatic rings. The molecule has 0 spiro atoms. The summed E-state index contributed by atoms with van der Waals surface area (Å²) in [6.45, 7) is 4.08. The molecule has 0 atom stereocenters. The van der Waals surface area contributed by atoms with Crippen LogP contribution >= 0.6 is 0 Å². The second-order valence-electron chi connectivity index (χ2n) is 2.37. The number of carbonyl (C=O) groups excluding carboxylic acids is 1. The van der Waals surface area contributed by atoms with Crippen LogP contribution in [0.4, 0.5) is 0 Å². The molecule has 0 bridgehead atoms. The van der Waals surface area contributed by atoms with Gasteiger partial charge in [0.1, 0.15) is 0 Å². The largest absolute Gasteiger partial charge is 0.394 e. The van der Waals surface area contributed by atoms with E-state index in [0.717, 1.165) is 19.4 Å². The van der Waals surface area contributed by atoms with Crippen LogP contribution in [0, 0.1) is 0 Å². The molecule has 12 heavy (non-hydrogen) atoms. The normalized spacial score (nSPS) is 15.0. The van der Waals surface area contributed by atoms with Crippen molar-refractivity contribution in [3.05, 3.63) is 0 Å². The number of rotatable bonds is 3. The highest BCUT2D eigenvalue weighted by Gasteiger charge is 2.05. The number of hydrogen-bond acceptors (Lipinski definition) is 3. The highest BCUT2D eigenvalue weighted by Crippen LogP contribution is 1.93. The van der Waals surface area contributed by atoms with Crippen molar-refractivity contribution in [3.63, 3.8) is 0 Å². The molecule has 4 heteroatoms. The first-order valence-electron chi connectivity index (χ1n) is 4.26. The Labute approximate surface area is 72.9 Å². The number of carbonyl (C=O) groups is 1. The molecule has 2 N–H and O–H groups in total. The lowest BCUT2D eigenvalue weighted by Crippen LogP contribution is -2.12. The quantitative estimate of drug-likeness (QED) is 0.589. The monoisotopic (exact) mass is 175 g/mol. The number of aliphatic hydroxyl groups is 1. The van der Waals surface area contributed by atoms with Crippen LogP contribution in [-0.2, 0) is 9.53 Å². The summed E-state index contributed by atoms with van der Waals surface area (Å²) in [7, 11) is 0. The Bertz CT molecular complexity index is 105. The van der Waals surface area contributed by atoms with Gasteiger partial charge in [-0.15, -0.1) is 0 Å². The van der Waals surface area contributed by atoms with Gasteiger partial charge in [0.15, 0.2) is 0 Å². The van der Waals surface area contributed by atoms with Crippen LogP contribution in [0.15, 0.2) is 0 Å². The van der Waals surface area contributed by atoms with Crippen molar-refractivity contribution in [2.24, 2.45) is 0 Å². The first kappa shape index (κ1) is 11.4. The molecule has 0 aromatic carbocycles. The Morgan fingerprint density at radius 2 is 2.42 bits per heavy atom. The smallest absolute Gasteiger partial charge is 0.220 e. The van der Waals surface area contributed by atoms with Crippen LogP contribution in [0.25, 0.3) is 0 Å². The van der Waals surface area contributed by atoms with Gasteiger partial charge in [-0.3, -0.25) is 4.79 Å². The zero-order valence-corrected chi connectivity index (χ0v) is 7.51. The van der Waals surface area contributed by atoms with Gasteiger partial charge in [-0.2, -0.15) is 0 Å². The van der Waals surface area contributed by atoms with Gasteiger partial charge in [-0.05, 0) is 13.3 Å². The van der Waals surface area contributed by atoms with E-state index >= 15 is 0 Å². The molecule has 0 aliphatic carbocycles. The Balaban J connectivity index is 0.000000202. The first-order chi connectivity index (χ1) is 5.81. The van der Waals surface area contributed by atoms with Crippen molar-refractivity contribution >= 4 is 5.91 Å². The minimum absolute atomic E-state index is 0.133. The minimum atomic E-state index is 0.133. The maximum absolute atomic E-state index is 10.1.